The minimum absolute atomic E-state index is 0.186. The van der Waals surface area contributed by atoms with Crippen LogP contribution in [0.15, 0.2) is 18.3 Å². The molecule has 5 heteroatoms. The van der Waals surface area contributed by atoms with Crippen LogP contribution in [0.2, 0.25) is 0 Å². The molecule has 0 N–H and O–H groups in total. The molecule has 0 saturated carbocycles. The van der Waals surface area contributed by atoms with Gasteiger partial charge in [-0.1, -0.05) is 11.5 Å². The molecule has 1 heterocycles. The zero-order valence-corrected chi connectivity index (χ0v) is 5.02. The van der Waals surface area contributed by atoms with Crippen molar-refractivity contribution in [1.82, 2.24) is 4.98 Å². The maximum atomic E-state index is 10.0. The summed E-state index contributed by atoms with van der Waals surface area (Å²) in [4.78, 5) is 12.9. The number of nitrogens with zero attached hydrogens (tertiary/aromatic N) is 2. The number of pyridine rings is 1. The Balaban J connectivity index is 3.00. The Hall–Kier alpha value is -1.39. The first kappa shape index (κ1) is 6.73. The highest BCUT2D eigenvalue weighted by atomic mass is 16.6. The molecule has 0 aliphatic rings. The van der Waals surface area contributed by atoms with Crippen molar-refractivity contribution in [2.24, 2.45) is 0 Å². The van der Waals surface area contributed by atoms with Gasteiger partial charge in [-0.2, -0.15) is 0 Å². The van der Waals surface area contributed by atoms with Crippen LogP contribution in [0.4, 0.5) is 5.82 Å². The summed E-state index contributed by atoms with van der Waals surface area (Å²) < 4.78 is 0. The molecule has 0 aromatic carbocycles. The average molecular weight is 134 g/mol. The van der Waals surface area contributed by atoms with Gasteiger partial charge in [0, 0.05) is 6.07 Å². The average Bonchev–Trinajstić information content (AvgIpc) is 1.88. The second kappa shape index (κ2) is 2.47. The smallest absolute Gasteiger partial charge is 0.358 e. The molecule has 0 aliphatic heterocycles. The number of nitro groups is 1. The molecular formula is C5H3BN2O2. The highest BCUT2D eigenvalue weighted by Crippen LogP contribution is 2.00. The molecule has 1 aromatic heterocycles. The Morgan fingerprint density at radius 2 is 2.30 bits per heavy atom. The monoisotopic (exact) mass is 134 g/mol. The predicted octanol–water partition coefficient (Wildman–Crippen LogP) is -0.216. The summed E-state index contributed by atoms with van der Waals surface area (Å²) >= 11 is 0. The van der Waals surface area contributed by atoms with E-state index < -0.39 is 4.92 Å². The molecular weight excluding hydrogens is 131 g/mol. The van der Waals surface area contributed by atoms with E-state index in [4.69, 9.17) is 7.85 Å². The largest absolute Gasteiger partial charge is 0.363 e. The van der Waals surface area contributed by atoms with Crippen LogP contribution in [-0.2, 0) is 0 Å². The lowest BCUT2D eigenvalue weighted by Crippen LogP contribution is -2.03. The summed E-state index contributed by atoms with van der Waals surface area (Å²) in [6.45, 7) is 0. The van der Waals surface area contributed by atoms with E-state index in [0.29, 0.717) is 5.46 Å². The van der Waals surface area contributed by atoms with Gasteiger partial charge in [0.2, 0.25) is 0 Å². The number of hydrogen-bond donors (Lipinski definition) is 0. The molecule has 0 atom stereocenters. The molecule has 10 heavy (non-hydrogen) atoms. The van der Waals surface area contributed by atoms with Gasteiger partial charge >= 0.3 is 5.82 Å². The third-order valence-electron chi connectivity index (χ3n) is 0.958. The normalized spacial score (nSPS) is 9.20. The fourth-order valence-corrected chi connectivity index (χ4v) is 0.505. The Morgan fingerprint density at radius 3 is 2.70 bits per heavy atom. The fourth-order valence-electron chi connectivity index (χ4n) is 0.505. The first-order chi connectivity index (χ1) is 4.70. The molecule has 0 bridgehead atoms. The first-order valence-corrected chi connectivity index (χ1v) is 2.56. The summed E-state index contributed by atoms with van der Waals surface area (Å²) in [7, 11) is 5.24. The van der Waals surface area contributed by atoms with E-state index in [1.54, 1.807) is 0 Å². The second-order valence-electron chi connectivity index (χ2n) is 1.71. The molecule has 48 valence electrons. The maximum Gasteiger partial charge on any atom is 0.363 e. The topological polar surface area (TPSA) is 56.0 Å². The van der Waals surface area contributed by atoms with Gasteiger partial charge in [0.05, 0.1) is 0 Å². The lowest BCUT2D eigenvalue weighted by molar-refractivity contribution is -0.389. The lowest BCUT2D eigenvalue weighted by Gasteiger charge is -1.89. The molecule has 4 nitrogen and oxygen atoms in total. The van der Waals surface area contributed by atoms with Gasteiger partial charge in [0.25, 0.3) is 0 Å². The van der Waals surface area contributed by atoms with E-state index in [-0.39, 0.29) is 5.82 Å². The third-order valence-corrected chi connectivity index (χ3v) is 0.958. The summed E-state index contributed by atoms with van der Waals surface area (Å²) in [5, 5.41) is 10.0. The Labute approximate surface area is 58.5 Å². The lowest BCUT2D eigenvalue weighted by atomic mass is 9.99. The van der Waals surface area contributed by atoms with Gasteiger partial charge in [-0.3, -0.25) is 0 Å². The van der Waals surface area contributed by atoms with Gasteiger partial charge in [-0.25, -0.2) is 0 Å². The summed E-state index contributed by atoms with van der Waals surface area (Å²) in [5.41, 5.74) is 0.422. The Bertz CT molecular complexity index is 246. The molecule has 0 spiro atoms. The minimum Gasteiger partial charge on any atom is -0.358 e. The van der Waals surface area contributed by atoms with Crippen molar-refractivity contribution in [3.63, 3.8) is 0 Å². The van der Waals surface area contributed by atoms with Crippen LogP contribution in [0.3, 0.4) is 0 Å². The van der Waals surface area contributed by atoms with Gasteiger partial charge in [0.1, 0.15) is 14.0 Å². The first-order valence-electron chi connectivity index (χ1n) is 2.56. The summed E-state index contributed by atoms with van der Waals surface area (Å²) in [6, 6.07) is 2.69. The molecule has 1 rings (SSSR count). The molecule has 0 aliphatic carbocycles. The highest BCUT2D eigenvalue weighted by molar-refractivity contribution is 6.32. The molecule has 0 amide bonds. The van der Waals surface area contributed by atoms with E-state index in [1.807, 2.05) is 0 Å². The van der Waals surface area contributed by atoms with E-state index >= 15 is 0 Å². The van der Waals surface area contributed by atoms with Crippen molar-refractivity contribution < 1.29 is 4.92 Å². The maximum absolute atomic E-state index is 10.0. The number of rotatable bonds is 1. The van der Waals surface area contributed by atoms with Gasteiger partial charge in [-0.05, 0) is 9.91 Å². The van der Waals surface area contributed by atoms with Crippen molar-refractivity contribution >= 4 is 19.1 Å². The summed E-state index contributed by atoms with van der Waals surface area (Å²) in [6.07, 6.45) is 1.25. The van der Waals surface area contributed by atoms with E-state index in [0.717, 1.165) is 0 Å². The highest BCUT2D eigenvalue weighted by Gasteiger charge is 2.02. The second-order valence-corrected chi connectivity index (χ2v) is 1.71. The standard InChI is InChI=1S/C5H3BN2O2/c6-4-1-2-5(7-3-4)8(9)10/h1-3H. The van der Waals surface area contributed by atoms with E-state index in [1.165, 1.54) is 18.3 Å². The van der Waals surface area contributed by atoms with Crippen LogP contribution < -0.4 is 5.46 Å². The quantitative estimate of drug-likeness (QED) is 0.303. The molecule has 0 unspecified atom stereocenters. The SMILES string of the molecule is [B]c1ccc([N+](=O)[O-])nc1. The number of hydrogen-bond acceptors (Lipinski definition) is 3. The van der Waals surface area contributed by atoms with E-state index in [9.17, 15) is 10.1 Å². The van der Waals surface area contributed by atoms with Crippen LogP contribution in [0.1, 0.15) is 0 Å². The van der Waals surface area contributed by atoms with Gasteiger partial charge < -0.3 is 10.1 Å². The van der Waals surface area contributed by atoms with Gasteiger partial charge in [0.15, 0.2) is 0 Å². The van der Waals surface area contributed by atoms with Crippen molar-refractivity contribution in [3.05, 3.63) is 28.4 Å². The van der Waals surface area contributed by atoms with Crippen molar-refractivity contribution in [2.75, 3.05) is 0 Å². The third kappa shape index (κ3) is 1.31. The zero-order valence-electron chi connectivity index (χ0n) is 5.02. The van der Waals surface area contributed by atoms with Crippen LogP contribution >= 0.6 is 0 Å². The van der Waals surface area contributed by atoms with Crippen LogP contribution in [0.5, 0.6) is 0 Å². The van der Waals surface area contributed by atoms with Crippen molar-refractivity contribution in [1.29, 1.82) is 0 Å². The Morgan fingerprint density at radius 1 is 1.60 bits per heavy atom. The molecule has 0 fully saturated rings. The van der Waals surface area contributed by atoms with Gasteiger partial charge in [-0.15, -0.1) is 0 Å². The number of aromatic nitrogens is 1. The van der Waals surface area contributed by atoms with E-state index in [2.05, 4.69) is 4.98 Å². The van der Waals surface area contributed by atoms with Crippen molar-refractivity contribution in [3.8, 4) is 0 Å². The van der Waals surface area contributed by atoms with Crippen LogP contribution in [0.25, 0.3) is 0 Å². The van der Waals surface area contributed by atoms with Crippen LogP contribution in [0, 0.1) is 10.1 Å². The molecule has 2 radical (unpaired) electrons. The molecule has 1 aromatic rings. The Kier molecular flexibility index (Phi) is 1.66. The molecule has 0 saturated heterocycles. The fraction of sp³-hybridized carbons (Fsp3) is 0. The predicted molar refractivity (Wildman–Crippen MR) is 36.3 cm³/mol. The van der Waals surface area contributed by atoms with Crippen LogP contribution in [-0.4, -0.2) is 17.8 Å². The van der Waals surface area contributed by atoms with Crippen molar-refractivity contribution in [2.45, 2.75) is 0 Å². The minimum atomic E-state index is -0.570. The zero-order chi connectivity index (χ0) is 7.56. The summed E-state index contributed by atoms with van der Waals surface area (Å²) in [5.74, 6) is -0.186.